The van der Waals surface area contributed by atoms with Crippen LogP contribution >= 0.6 is 0 Å². The van der Waals surface area contributed by atoms with Crippen LogP contribution in [0.1, 0.15) is 0 Å². The molecule has 8 atom stereocenters. The molecule has 6 aliphatic carbocycles. The first-order valence-corrected chi connectivity index (χ1v) is 17.1. The van der Waals surface area contributed by atoms with Gasteiger partial charge >= 0.3 is 0 Å². The SMILES string of the molecule is C1=CC2C3C=CC=CC3C([Si](c3ccccc3)(c3ccccc3)C3C4C=CC=CC4C4C=CC=CC43)C2C=C1. The fourth-order valence-corrected chi connectivity index (χ4v) is 17.4. The van der Waals surface area contributed by atoms with Crippen LogP contribution in [0.2, 0.25) is 11.1 Å². The molecule has 2 saturated carbocycles. The quantitative estimate of drug-likeness (QED) is 0.367. The van der Waals surface area contributed by atoms with Crippen molar-refractivity contribution in [3.63, 3.8) is 0 Å². The van der Waals surface area contributed by atoms with E-state index in [-0.39, 0.29) is 0 Å². The van der Waals surface area contributed by atoms with Gasteiger partial charge in [-0.1, -0.05) is 168 Å². The molecule has 2 aromatic carbocycles. The Hall–Kier alpha value is -3.42. The average Bonchev–Trinajstić information content (AvgIpc) is 3.53. The van der Waals surface area contributed by atoms with Crippen molar-refractivity contribution in [2.24, 2.45) is 47.3 Å². The van der Waals surface area contributed by atoms with Crippen molar-refractivity contribution in [3.05, 3.63) is 158 Å². The number of allylic oxidation sites excluding steroid dienone is 16. The molecule has 0 saturated heterocycles. The van der Waals surface area contributed by atoms with Gasteiger partial charge < -0.3 is 0 Å². The lowest BCUT2D eigenvalue weighted by molar-refractivity contribution is 0.461. The molecule has 0 N–H and O–H groups in total. The third kappa shape index (κ3) is 3.36. The molecule has 1 heteroatoms. The molecule has 0 nitrogen and oxygen atoms in total. The van der Waals surface area contributed by atoms with E-state index in [0.717, 1.165) is 0 Å². The topological polar surface area (TPSA) is 0 Å². The van der Waals surface area contributed by atoms with Crippen molar-refractivity contribution in [3.8, 4) is 0 Å². The van der Waals surface area contributed by atoms with Crippen molar-refractivity contribution in [1.29, 1.82) is 0 Å². The van der Waals surface area contributed by atoms with E-state index < -0.39 is 8.07 Å². The van der Waals surface area contributed by atoms with Crippen molar-refractivity contribution in [1.82, 2.24) is 0 Å². The average molecular weight is 521 g/mol. The van der Waals surface area contributed by atoms with E-state index in [9.17, 15) is 0 Å². The maximum Gasteiger partial charge on any atom is 0.126 e. The van der Waals surface area contributed by atoms with Crippen LogP contribution in [0.4, 0.5) is 0 Å². The van der Waals surface area contributed by atoms with E-state index in [2.05, 4.69) is 158 Å². The van der Waals surface area contributed by atoms with Crippen LogP contribution in [0.5, 0.6) is 0 Å². The first-order chi connectivity index (χ1) is 19.4. The van der Waals surface area contributed by atoms with Gasteiger partial charge in [0.05, 0.1) is 0 Å². The maximum absolute atomic E-state index is 2.60. The fraction of sp³-hybridized carbons (Fsp3) is 0.263. The smallest absolute Gasteiger partial charge is 0.0808 e. The normalized spacial score (nSPS) is 38.5. The molecule has 0 radical (unpaired) electrons. The molecule has 6 aliphatic rings. The summed E-state index contributed by atoms with van der Waals surface area (Å²) in [5.41, 5.74) is 1.17. The lowest BCUT2D eigenvalue weighted by Gasteiger charge is -2.51. The molecular weight excluding hydrogens is 485 g/mol. The molecular formula is C38H36Si. The number of fused-ring (bicyclic) bond motifs is 6. The van der Waals surface area contributed by atoms with E-state index in [1.54, 1.807) is 10.4 Å². The zero-order valence-electron chi connectivity index (χ0n) is 22.3. The van der Waals surface area contributed by atoms with Gasteiger partial charge in [-0.25, -0.2) is 0 Å². The van der Waals surface area contributed by atoms with Crippen LogP contribution in [-0.4, -0.2) is 8.07 Å². The van der Waals surface area contributed by atoms with Gasteiger partial charge in [0.1, 0.15) is 8.07 Å². The Bertz CT molecular complexity index is 1280. The first kappa shape index (κ1) is 23.5. The largest absolute Gasteiger partial charge is 0.126 e. The van der Waals surface area contributed by atoms with Gasteiger partial charge in [0.25, 0.3) is 0 Å². The Morgan fingerprint density at radius 2 is 0.564 bits per heavy atom. The maximum atomic E-state index is 2.60. The van der Waals surface area contributed by atoms with Crippen LogP contribution in [0.25, 0.3) is 0 Å². The molecule has 0 aliphatic heterocycles. The Kier molecular flexibility index (Phi) is 5.62. The lowest BCUT2D eigenvalue weighted by atomic mass is 9.83. The predicted molar refractivity (Wildman–Crippen MR) is 166 cm³/mol. The number of hydrogen-bond acceptors (Lipinski definition) is 0. The minimum absolute atomic E-state index is 0.549. The number of hydrogen-bond donors (Lipinski definition) is 0. The Morgan fingerprint density at radius 3 is 0.846 bits per heavy atom. The highest BCUT2D eigenvalue weighted by Crippen LogP contribution is 2.66. The summed E-state index contributed by atoms with van der Waals surface area (Å²) in [6.07, 6.45) is 39.2. The second-order valence-electron chi connectivity index (χ2n) is 12.4. The fourth-order valence-electron chi connectivity index (χ4n) is 9.86. The Balaban J connectivity index is 1.45. The Labute approximate surface area is 234 Å². The number of rotatable bonds is 4. The molecule has 0 aromatic heterocycles. The minimum atomic E-state index is -2.46. The lowest BCUT2D eigenvalue weighted by Crippen LogP contribution is -2.68. The molecule has 192 valence electrons. The monoisotopic (exact) mass is 520 g/mol. The van der Waals surface area contributed by atoms with Crippen molar-refractivity contribution in [2.75, 3.05) is 0 Å². The third-order valence-electron chi connectivity index (χ3n) is 11.0. The Morgan fingerprint density at radius 1 is 0.308 bits per heavy atom. The van der Waals surface area contributed by atoms with Crippen LogP contribution < -0.4 is 10.4 Å². The molecule has 8 rings (SSSR count). The van der Waals surface area contributed by atoms with Crippen molar-refractivity contribution in [2.45, 2.75) is 11.1 Å². The van der Waals surface area contributed by atoms with Crippen molar-refractivity contribution >= 4 is 18.4 Å². The summed E-state index contributed by atoms with van der Waals surface area (Å²) in [6, 6.07) is 23.7. The highest BCUT2D eigenvalue weighted by Gasteiger charge is 2.66. The summed E-state index contributed by atoms with van der Waals surface area (Å²) in [5.74, 6) is 4.48. The summed E-state index contributed by atoms with van der Waals surface area (Å²) < 4.78 is 0. The third-order valence-corrected chi connectivity index (χ3v) is 17.2. The summed E-state index contributed by atoms with van der Waals surface area (Å²) >= 11 is 0. The molecule has 8 unspecified atom stereocenters. The summed E-state index contributed by atoms with van der Waals surface area (Å²) in [4.78, 5) is 0. The van der Waals surface area contributed by atoms with Gasteiger partial charge in [-0.2, -0.15) is 0 Å². The minimum Gasteiger partial charge on any atom is -0.0808 e. The van der Waals surface area contributed by atoms with Crippen LogP contribution in [0.15, 0.2) is 158 Å². The summed E-state index contributed by atoms with van der Waals surface area (Å²) in [6.45, 7) is 0. The molecule has 0 spiro atoms. The van der Waals surface area contributed by atoms with Gasteiger partial charge in [-0.15, -0.1) is 0 Å². The van der Waals surface area contributed by atoms with Gasteiger partial charge in [0.2, 0.25) is 0 Å². The number of benzene rings is 2. The van der Waals surface area contributed by atoms with Gasteiger partial charge in [-0.3, -0.25) is 0 Å². The van der Waals surface area contributed by atoms with Crippen LogP contribution in [-0.2, 0) is 0 Å². The molecule has 0 heterocycles. The zero-order valence-corrected chi connectivity index (χ0v) is 23.3. The van der Waals surface area contributed by atoms with E-state index in [4.69, 9.17) is 0 Å². The second-order valence-corrected chi connectivity index (χ2v) is 16.6. The van der Waals surface area contributed by atoms with E-state index in [1.807, 2.05) is 0 Å². The van der Waals surface area contributed by atoms with Crippen molar-refractivity contribution < 1.29 is 0 Å². The van der Waals surface area contributed by atoms with Gasteiger partial charge in [0, 0.05) is 0 Å². The first-order valence-electron chi connectivity index (χ1n) is 14.9. The zero-order chi connectivity index (χ0) is 25.8. The van der Waals surface area contributed by atoms with E-state index in [1.165, 1.54) is 0 Å². The van der Waals surface area contributed by atoms with E-state index in [0.29, 0.717) is 58.4 Å². The van der Waals surface area contributed by atoms with Crippen LogP contribution in [0.3, 0.4) is 0 Å². The predicted octanol–water partition coefficient (Wildman–Crippen LogP) is 7.45. The highest BCUT2D eigenvalue weighted by molar-refractivity contribution is 7.04. The molecule has 2 fully saturated rings. The van der Waals surface area contributed by atoms with Gasteiger partial charge in [-0.05, 0) is 58.4 Å². The molecule has 0 amide bonds. The van der Waals surface area contributed by atoms with Crippen LogP contribution in [0, 0.1) is 47.3 Å². The summed E-state index contributed by atoms with van der Waals surface area (Å²) in [5, 5.41) is 3.25. The standard InChI is InChI=1S/C38H36Si/c1-3-15-27(16-4-1)39(28-17-5-2-6-18-28,37-33-23-11-7-19-29(33)30-20-8-12-24-34(30)37)38-35-25-13-9-21-31(35)32-22-10-14-26-36(32)38/h1-26,29-38H. The molecule has 0 bridgehead atoms. The highest BCUT2D eigenvalue weighted by atomic mass is 28.3. The summed E-state index contributed by atoms with van der Waals surface area (Å²) in [7, 11) is -2.46. The molecule has 2 aromatic rings. The second kappa shape index (κ2) is 9.35. The van der Waals surface area contributed by atoms with E-state index >= 15 is 0 Å². The van der Waals surface area contributed by atoms with Gasteiger partial charge in [0.15, 0.2) is 0 Å². The molecule has 39 heavy (non-hydrogen) atoms.